The van der Waals surface area contributed by atoms with Gasteiger partial charge < -0.3 is 14.6 Å². The van der Waals surface area contributed by atoms with Gasteiger partial charge in [0.1, 0.15) is 5.75 Å². The van der Waals surface area contributed by atoms with Crippen molar-refractivity contribution in [1.82, 2.24) is 0 Å². The van der Waals surface area contributed by atoms with Gasteiger partial charge in [-0.2, -0.15) is 0 Å². The number of aliphatic carboxylic acids is 1. The summed E-state index contributed by atoms with van der Waals surface area (Å²) in [6.07, 6.45) is 2.67. The number of carbonyl (C=O) groups is 3. The highest BCUT2D eigenvalue weighted by molar-refractivity contribution is 6.09. The maximum atomic E-state index is 13.2. The number of carbonyl (C=O) groups excluding carboxylic acids is 2. The van der Waals surface area contributed by atoms with Gasteiger partial charge in [0.05, 0.1) is 18.6 Å². The summed E-state index contributed by atoms with van der Waals surface area (Å²) < 4.78 is 10.7. The fourth-order valence-electron chi connectivity index (χ4n) is 3.58. The van der Waals surface area contributed by atoms with Gasteiger partial charge in [-0.25, -0.2) is 4.79 Å². The Morgan fingerprint density at radius 3 is 2.23 bits per heavy atom. The normalized spacial score (nSPS) is 12.6. The molecule has 180 valence electrons. The average molecular weight is 473 g/mol. The largest absolute Gasteiger partial charge is 0.479 e. The van der Waals surface area contributed by atoms with Crippen molar-refractivity contribution in [2.24, 2.45) is 0 Å². The van der Waals surface area contributed by atoms with Gasteiger partial charge in [-0.15, -0.1) is 0 Å². The molecule has 0 aliphatic heterocycles. The average Bonchev–Trinajstić information content (AvgIpc) is 2.89. The van der Waals surface area contributed by atoms with Gasteiger partial charge in [0.15, 0.2) is 11.9 Å². The van der Waals surface area contributed by atoms with Crippen LogP contribution in [0.2, 0.25) is 0 Å². The first-order valence-corrected chi connectivity index (χ1v) is 11.3. The molecule has 6 heteroatoms. The van der Waals surface area contributed by atoms with E-state index in [2.05, 4.69) is 0 Å². The summed E-state index contributed by atoms with van der Waals surface area (Å²) in [7, 11) is 1.30. The molecule has 0 aliphatic carbocycles. The lowest BCUT2D eigenvalue weighted by molar-refractivity contribution is -0.145. The van der Waals surface area contributed by atoms with Crippen LogP contribution in [0.15, 0.2) is 84.9 Å². The van der Waals surface area contributed by atoms with E-state index in [0.717, 1.165) is 11.1 Å². The zero-order chi connectivity index (χ0) is 25.2. The second-order valence-corrected chi connectivity index (χ2v) is 8.08. The maximum absolute atomic E-state index is 13.2. The van der Waals surface area contributed by atoms with Gasteiger partial charge in [0.2, 0.25) is 0 Å². The minimum Gasteiger partial charge on any atom is -0.479 e. The summed E-state index contributed by atoms with van der Waals surface area (Å²) in [5, 5.41) is 9.76. The number of ketones is 1. The summed E-state index contributed by atoms with van der Waals surface area (Å²) in [4.78, 5) is 37.1. The highest BCUT2D eigenvalue weighted by Gasteiger charge is 2.24. The van der Waals surface area contributed by atoms with Crippen molar-refractivity contribution in [3.8, 4) is 5.75 Å². The summed E-state index contributed by atoms with van der Waals surface area (Å²) in [5.74, 6) is -2.38. The van der Waals surface area contributed by atoms with Gasteiger partial charge in [0.25, 0.3) is 0 Å². The number of allylic oxidation sites excluding steroid dienone is 1. The molecule has 0 fully saturated rings. The van der Waals surface area contributed by atoms with Gasteiger partial charge in [0, 0.05) is 0 Å². The van der Waals surface area contributed by atoms with E-state index in [1.807, 2.05) is 60.7 Å². The van der Waals surface area contributed by atoms with E-state index < -0.39 is 24.0 Å². The number of hydrogen-bond acceptors (Lipinski definition) is 5. The van der Waals surface area contributed by atoms with Gasteiger partial charge >= 0.3 is 11.9 Å². The van der Waals surface area contributed by atoms with Crippen LogP contribution >= 0.6 is 0 Å². The van der Waals surface area contributed by atoms with Crippen molar-refractivity contribution in [2.45, 2.75) is 31.8 Å². The van der Waals surface area contributed by atoms with Crippen LogP contribution in [0, 0.1) is 0 Å². The van der Waals surface area contributed by atoms with Gasteiger partial charge in [-0.3, -0.25) is 9.59 Å². The van der Waals surface area contributed by atoms with Crippen molar-refractivity contribution >= 4 is 23.8 Å². The van der Waals surface area contributed by atoms with Crippen LogP contribution in [-0.4, -0.2) is 36.0 Å². The molecular formula is C29H28O6. The van der Waals surface area contributed by atoms with Crippen molar-refractivity contribution in [1.29, 1.82) is 0 Å². The molecule has 6 nitrogen and oxygen atoms in total. The Morgan fingerprint density at radius 2 is 1.60 bits per heavy atom. The van der Waals surface area contributed by atoms with Crippen LogP contribution in [0.1, 0.15) is 46.3 Å². The Hall–Kier alpha value is -4.19. The molecule has 2 atom stereocenters. The first-order valence-electron chi connectivity index (χ1n) is 11.3. The molecule has 0 spiro atoms. The van der Waals surface area contributed by atoms with Crippen LogP contribution in [0.25, 0.3) is 6.08 Å². The number of benzene rings is 3. The van der Waals surface area contributed by atoms with Gasteiger partial charge in [-0.1, -0.05) is 72.8 Å². The number of carboxylic acid groups (broad SMARTS) is 1. The smallest absolute Gasteiger partial charge is 0.344 e. The molecule has 2 unspecified atom stereocenters. The van der Waals surface area contributed by atoms with Crippen molar-refractivity contribution in [3.05, 3.63) is 107 Å². The Balaban J connectivity index is 1.90. The molecule has 0 saturated carbocycles. The molecule has 1 N–H and O–H groups in total. The van der Waals surface area contributed by atoms with E-state index in [1.165, 1.54) is 19.3 Å². The van der Waals surface area contributed by atoms with E-state index >= 15 is 0 Å². The third-order valence-corrected chi connectivity index (χ3v) is 5.63. The highest BCUT2D eigenvalue weighted by atomic mass is 16.5. The van der Waals surface area contributed by atoms with Crippen molar-refractivity contribution in [3.63, 3.8) is 0 Å². The fraction of sp³-hybridized carbons (Fsp3) is 0.207. The number of methoxy groups -OCH3 is 1. The summed E-state index contributed by atoms with van der Waals surface area (Å²) in [6.45, 7) is 1.68. The molecule has 3 aromatic rings. The Morgan fingerprint density at radius 1 is 0.943 bits per heavy atom. The van der Waals surface area contributed by atoms with Crippen LogP contribution in [-0.2, 0) is 20.7 Å². The number of esters is 1. The lowest BCUT2D eigenvalue weighted by Gasteiger charge is -2.19. The predicted octanol–water partition coefficient (Wildman–Crippen LogP) is 5.32. The van der Waals surface area contributed by atoms with Crippen LogP contribution in [0.3, 0.4) is 0 Å². The lowest BCUT2D eigenvalue weighted by atomic mass is 9.96. The molecule has 0 aromatic heterocycles. The van der Waals surface area contributed by atoms with Crippen molar-refractivity contribution in [2.75, 3.05) is 7.11 Å². The van der Waals surface area contributed by atoms with Crippen LogP contribution < -0.4 is 4.74 Å². The van der Waals surface area contributed by atoms with Crippen LogP contribution in [0.5, 0.6) is 5.75 Å². The SMILES string of the molecule is COC(=O)C(C)c1ccc(OC(CCc2ccccc2)C(=O)O)c(C(=O)C=Cc2ccccc2)c1. The zero-order valence-electron chi connectivity index (χ0n) is 19.7. The second kappa shape index (κ2) is 12.3. The monoisotopic (exact) mass is 472 g/mol. The standard InChI is InChI=1S/C29H28O6/c1-20(29(33)34-2)23-15-18-26(24(19-23)25(30)16-13-21-9-5-3-6-10-21)35-27(28(31)32)17-14-22-11-7-4-8-12-22/h3-13,15-16,18-20,27H,14,17H2,1-2H3,(H,31,32). The van der Waals surface area contributed by atoms with Crippen LogP contribution in [0.4, 0.5) is 0 Å². The molecule has 3 aromatic carbocycles. The number of hydrogen-bond donors (Lipinski definition) is 1. The Kier molecular flexibility index (Phi) is 8.95. The van der Waals surface area contributed by atoms with Gasteiger partial charge in [-0.05, 0) is 54.7 Å². The second-order valence-electron chi connectivity index (χ2n) is 8.08. The Labute approximate surface area is 204 Å². The molecule has 0 bridgehead atoms. The first-order chi connectivity index (χ1) is 16.9. The number of ether oxygens (including phenoxy) is 2. The minimum atomic E-state index is -1.15. The molecule has 0 radical (unpaired) electrons. The fourth-order valence-corrected chi connectivity index (χ4v) is 3.58. The summed E-state index contributed by atoms with van der Waals surface area (Å²) in [6, 6.07) is 23.6. The number of aryl methyl sites for hydroxylation is 1. The molecular weight excluding hydrogens is 444 g/mol. The Bertz CT molecular complexity index is 1180. The summed E-state index contributed by atoms with van der Waals surface area (Å²) in [5.41, 5.74) is 2.58. The summed E-state index contributed by atoms with van der Waals surface area (Å²) >= 11 is 0. The third-order valence-electron chi connectivity index (χ3n) is 5.63. The third kappa shape index (κ3) is 7.14. The molecule has 0 heterocycles. The molecule has 3 rings (SSSR count). The minimum absolute atomic E-state index is 0.147. The molecule has 0 amide bonds. The number of rotatable bonds is 11. The van der Waals surface area contributed by atoms with Crippen molar-refractivity contribution < 1.29 is 29.0 Å². The highest BCUT2D eigenvalue weighted by Crippen LogP contribution is 2.28. The lowest BCUT2D eigenvalue weighted by Crippen LogP contribution is -2.28. The molecule has 35 heavy (non-hydrogen) atoms. The predicted molar refractivity (Wildman–Crippen MR) is 133 cm³/mol. The molecule has 0 aliphatic rings. The zero-order valence-corrected chi connectivity index (χ0v) is 19.7. The quantitative estimate of drug-likeness (QED) is 0.231. The van der Waals surface area contributed by atoms with E-state index in [1.54, 1.807) is 25.1 Å². The van der Waals surface area contributed by atoms with E-state index in [9.17, 15) is 19.5 Å². The topological polar surface area (TPSA) is 89.9 Å². The van der Waals surface area contributed by atoms with E-state index in [-0.39, 0.29) is 23.5 Å². The number of carboxylic acids is 1. The maximum Gasteiger partial charge on any atom is 0.344 e. The van der Waals surface area contributed by atoms with E-state index in [4.69, 9.17) is 9.47 Å². The molecule has 0 saturated heterocycles. The van der Waals surface area contributed by atoms with E-state index in [0.29, 0.717) is 12.0 Å². The first kappa shape index (κ1) is 25.4.